The first-order valence-corrected chi connectivity index (χ1v) is 5.06. The Labute approximate surface area is 89.4 Å². The minimum Gasteiger partial charge on any atom is -0.344 e. The van der Waals surface area contributed by atoms with Crippen molar-refractivity contribution in [2.45, 2.75) is 19.9 Å². The topological polar surface area (TPSA) is 54.7 Å². The number of nitrogens with zero attached hydrogens (tertiary/aromatic N) is 1. The fourth-order valence-electron chi connectivity index (χ4n) is 1.58. The molecule has 0 saturated carbocycles. The Morgan fingerprint density at radius 2 is 1.93 bits per heavy atom. The second-order valence-corrected chi connectivity index (χ2v) is 3.75. The van der Waals surface area contributed by atoms with E-state index >= 15 is 0 Å². The summed E-state index contributed by atoms with van der Waals surface area (Å²) in [6, 6.07) is 10.1. The molecule has 0 fully saturated rings. The van der Waals surface area contributed by atoms with Gasteiger partial charge in [0.05, 0.1) is 11.7 Å². The Balaban J connectivity index is 2.45. The summed E-state index contributed by atoms with van der Waals surface area (Å²) in [5, 5.41) is 0. The van der Waals surface area contributed by atoms with Crippen LogP contribution in [0.4, 0.5) is 0 Å². The summed E-state index contributed by atoms with van der Waals surface area (Å²) < 4.78 is 0. The molecule has 0 bridgehead atoms. The van der Waals surface area contributed by atoms with Crippen molar-refractivity contribution >= 4 is 0 Å². The number of nitrogens with one attached hydrogen (secondary N) is 1. The molecule has 0 spiro atoms. The average molecular weight is 201 g/mol. The van der Waals surface area contributed by atoms with Crippen molar-refractivity contribution in [1.82, 2.24) is 9.97 Å². The monoisotopic (exact) mass is 201 g/mol. The fourth-order valence-corrected chi connectivity index (χ4v) is 1.58. The van der Waals surface area contributed by atoms with Gasteiger partial charge in [0, 0.05) is 11.3 Å². The van der Waals surface area contributed by atoms with Crippen LogP contribution < -0.4 is 5.73 Å². The molecule has 0 saturated heterocycles. The maximum Gasteiger partial charge on any atom is 0.123 e. The highest BCUT2D eigenvalue weighted by molar-refractivity contribution is 5.61. The van der Waals surface area contributed by atoms with Crippen LogP contribution in [0, 0.1) is 6.92 Å². The molecule has 3 heteroatoms. The summed E-state index contributed by atoms with van der Waals surface area (Å²) in [7, 11) is 0. The van der Waals surface area contributed by atoms with Crippen molar-refractivity contribution in [3.63, 3.8) is 0 Å². The van der Waals surface area contributed by atoms with Gasteiger partial charge in [0.1, 0.15) is 5.82 Å². The van der Waals surface area contributed by atoms with E-state index in [1.54, 1.807) is 0 Å². The van der Waals surface area contributed by atoms with Gasteiger partial charge in [-0.1, -0.05) is 30.3 Å². The van der Waals surface area contributed by atoms with Crippen LogP contribution in [0.5, 0.6) is 0 Å². The maximum atomic E-state index is 5.78. The van der Waals surface area contributed by atoms with Gasteiger partial charge >= 0.3 is 0 Å². The van der Waals surface area contributed by atoms with E-state index in [0.717, 1.165) is 22.8 Å². The Kier molecular flexibility index (Phi) is 2.56. The quantitative estimate of drug-likeness (QED) is 0.784. The third kappa shape index (κ3) is 1.92. The first-order chi connectivity index (χ1) is 7.18. The number of aryl methyl sites for hydroxylation is 1. The molecule has 78 valence electrons. The highest BCUT2D eigenvalue weighted by atomic mass is 15.0. The minimum absolute atomic E-state index is 0.0545. The molecular formula is C12H15N3. The molecule has 3 nitrogen and oxygen atoms in total. The molecule has 0 aliphatic carbocycles. The van der Waals surface area contributed by atoms with E-state index in [1.165, 1.54) is 0 Å². The van der Waals surface area contributed by atoms with E-state index in [2.05, 4.69) is 9.97 Å². The van der Waals surface area contributed by atoms with Crippen LogP contribution in [-0.4, -0.2) is 9.97 Å². The van der Waals surface area contributed by atoms with E-state index in [0.29, 0.717) is 0 Å². The molecule has 2 aromatic rings. The third-order valence-corrected chi connectivity index (χ3v) is 2.38. The summed E-state index contributed by atoms with van der Waals surface area (Å²) in [5.74, 6) is 0.839. The van der Waals surface area contributed by atoms with Crippen molar-refractivity contribution in [3.05, 3.63) is 41.9 Å². The summed E-state index contributed by atoms with van der Waals surface area (Å²) in [6.45, 7) is 3.94. The summed E-state index contributed by atoms with van der Waals surface area (Å²) in [5.41, 5.74) is 8.96. The fraction of sp³-hybridized carbons (Fsp3) is 0.250. The predicted molar refractivity (Wildman–Crippen MR) is 61.4 cm³/mol. The van der Waals surface area contributed by atoms with Gasteiger partial charge in [-0.25, -0.2) is 4.98 Å². The largest absolute Gasteiger partial charge is 0.344 e. The standard InChI is InChI=1S/C12H15N3/c1-8(13)12-14-9(2)11(15-12)10-6-4-3-5-7-10/h3-8H,13H2,1-2H3,(H,14,15)/t8-/m0/s1. The number of aromatic nitrogens is 2. The highest BCUT2D eigenvalue weighted by Crippen LogP contribution is 2.21. The number of hydrogen-bond donors (Lipinski definition) is 2. The molecular weight excluding hydrogens is 186 g/mol. The van der Waals surface area contributed by atoms with Crippen molar-refractivity contribution in [1.29, 1.82) is 0 Å². The predicted octanol–water partition coefficient (Wildman–Crippen LogP) is 2.40. The highest BCUT2D eigenvalue weighted by Gasteiger charge is 2.10. The van der Waals surface area contributed by atoms with Gasteiger partial charge in [-0.3, -0.25) is 0 Å². The molecule has 0 unspecified atom stereocenters. The first kappa shape index (κ1) is 9.93. The number of hydrogen-bond acceptors (Lipinski definition) is 2. The molecule has 3 N–H and O–H groups in total. The summed E-state index contributed by atoms with van der Waals surface area (Å²) in [4.78, 5) is 7.71. The van der Waals surface area contributed by atoms with Crippen LogP contribution in [0.25, 0.3) is 11.3 Å². The van der Waals surface area contributed by atoms with Gasteiger partial charge < -0.3 is 10.7 Å². The SMILES string of the molecule is Cc1[nH]c([C@H](C)N)nc1-c1ccccc1. The van der Waals surface area contributed by atoms with E-state index in [1.807, 2.05) is 44.2 Å². The third-order valence-electron chi connectivity index (χ3n) is 2.38. The lowest BCUT2D eigenvalue weighted by Gasteiger charge is -1.98. The molecule has 0 radical (unpaired) electrons. The lowest BCUT2D eigenvalue weighted by molar-refractivity contribution is 0.754. The summed E-state index contributed by atoms with van der Waals surface area (Å²) >= 11 is 0. The number of nitrogens with two attached hydrogens (primary N) is 1. The molecule has 15 heavy (non-hydrogen) atoms. The van der Waals surface area contributed by atoms with E-state index in [4.69, 9.17) is 5.73 Å². The molecule has 2 rings (SSSR count). The Morgan fingerprint density at radius 3 is 2.47 bits per heavy atom. The molecule has 0 aliphatic rings. The lowest BCUT2D eigenvalue weighted by Crippen LogP contribution is -2.06. The number of imidazole rings is 1. The van der Waals surface area contributed by atoms with Crippen LogP contribution in [0.15, 0.2) is 30.3 Å². The molecule has 1 heterocycles. The Hall–Kier alpha value is -1.61. The van der Waals surface area contributed by atoms with Gasteiger partial charge in [-0.2, -0.15) is 0 Å². The Bertz CT molecular complexity index is 443. The van der Waals surface area contributed by atoms with E-state index in [-0.39, 0.29) is 6.04 Å². The van der Waals surface area contributed by atoms with Gasteiger partial charge in [-0.15, -0.1) is 0 Å². The minimum atomic E-state index is -0.0545. The van der Waals surface area contributed by atoms with Crippen LogP contribution >= 0.6 is 0 Å². The number of rotatable bonds is 2. The van der Waals surface area contributed by atoms with Gasteiger partial charge in [0.2, 0.25) is 0 Å². The Morgan fingerprint density at radius 1 is 1.27 bits per heavy atom. The van der Waals surface area contributed by atoms with Crippen LogP contribution in [0.1, 0.15) is 24.5 Å². The average Bonchev–Trinajstić information content (AvgIpc) is 2.62. The van der Waals surface area contributed by atoms with Crippen molar-refractivity contribution in [2.24, 2.45) is 5.73 Å². The number of H-pyrrole nitrogens is 1. The second kappa shape index (κ2) is 3.87. The van der Waals surface area contributed by atoms with Crippen LogP contribution in [0.2, 0.25) is 0 Å². The second-order valence-electron chi connectivity index (χ2n) is 3.75. The zero-order valence-electron chi connectivity index (χ0n) is 8.99. The molecule has 1 aromatic heterocycles. The van der Waals surface area contributed by atoms with Crippen molar-refractivity contribution in [3.8, 4) is 11.3 Å². The molecule has 0 aliphatic heterocycles. The number of aromatic amines is 1. The van der Waals surface area contributed by atoms with Gasteiger partial charge in [0.25, 0.3) is 0 Å². The first-order valence-electron chi connectivity index (χ1n) is 5.06. The summed E-state index contributed by atoms with van der Waals surface area (Å²) in [6.07, 6.45) is 0. The van der Waals surface area contributed by atoms with Crippen LogP contribution in [0.3, 0.4) is 0 Å². The number of benzene rings is 1. The molecule has 1 atom stereocenters. The molecule has 1 aromatic carbocycles. The normalized spacial score (nSPS) is 12.7. The zero-order valence-corrected chi connectivity index (χ0v) is 8.99. The van der Waals surface area contributed by atoms with Crippen molar-refractivity contribution < 1.29 is 0 Å². The van der Waals surface area contributed by atoms with Gasteiger partial charge in [-0.05, 0) is 13.8 Å². The molecule has 0 amide bonds. The maximum absolute atomic E-state index is 5.78. The van der Waals surface area contributed by atoms with Crippen LogP contribution in [-0.2, 0) is 0 Å². The smallest absolute Gasteiger partial charge is 0.123 e. The van der Waals surface area contributed by atoms with Gasteiger partial charge in [0.15, 0.2) is 0 Å². The van der Waals surface area contributed by atoms with Crippen molar-refractivity contribution in [2.75, 3.05) is 0 Å². The van der Waals surface area contributed by atoms with E-state index in [9.17, 15) is 0 Å². The lowest BCUT2D eigenvalue weighted by atomic mass is 10.1. The zero-order chi connectivity index (χ0) is 10.8. The van der Waals surface area contributed by atoms with E-state index < -0.39 is 0 Å².